The molecule has 1 saturated heterocycles. The predicted octanol–water partition coefficient (Wildman–Crippen LogP) is 1.77. The highest BCUT2D eigenvalue weighted by atomic mass is 16.5. The highest BCUT2D eigenvalue weighted by Crippen LogP contribution is 2.18. The third kappa shape index (κ3) is 3.67. The number of aromatic nitrogens is 4. The number of carbonyl (C=O) groups excluding carboxylic acids is 1. The van der Waals surface area contributed by atoms with Gasteiger partial charge in [0.05, 0.1) is 24.5 Å². The van der Waals surface area contributed by atoms with Gasteiger partial charge in [0.1, 0.15) is 5.69 Å². The van der Waals surface area contributed by atoms with Crippen LogP contribution in [0.5, 0.6) is 0 Å². The molecule has 2 aromatic rings. The Kier molecular flexibility index (Phi) is 4.99. The van der Waals surface area contributed by atoms with Crippen molar-refractivity contribution in [1.29, 1.82) is 0 Å². The van der Waals surface area contributed by atoms with Gasteiger partial charge in [-0.3, -0.25) is 14.6 Å². The molecule has 3 rings (SSSR count). The van der Waals surface area contributed by atoms with E-state index in [2.05, 4.69) is 15.3 Å². The second-order valence-electron chi connectivity index (χ2n) is 6.58. The van der Waals surface area contributed by atoms with Gasteiger partial charge in [-0.1, -0.05) is 0 Å². The van der Waals surface area contributed by atoms with E-state index in [4.69, 9.17) is 4.74 Å². The average Bonchev–Trinajstić information content (AvgIpc) is 3.14. The van der Waals surface area contributed by atoms with E-state index in [1.54, 1.807) is 7.11 Å². The Labute approximate surface area is 142 Å². The van der Waals surface area contributed by atoms with Crippen molar-refractivity contribution in [3.8, 4) is 0 Å². The first-order valence-corrected chi connectivity index (χ1v) is 8.40. The van der Waals surface area contributed by atoms with Gasteiger partial charge in [0, 0.05) is 25.9 Å². The van der Waals surface area contributed by atoms with Crippen LogP contribution in [-0.2, 0) is 11.3 Å². The number of methoxy groups -OCH3 is 1. The van der Waals surface area contributed by atoms with Crippen LogP contribution in [0.1, 0.15) is 40.4 Å². The van der Waals surface area contributed by atoms with Gasteiger partial charge in [-0.15, -0.1) is 0 Å². The Morgan fingerprint density at radius 2 is 2.25 bits per heavy atom. The first kappa shape index (κ1) is 16.7. The molecule has 7 heteroatoms. The van der Waals surface area contributed by atoms with Gasteiger partial charge in [-0.05, 0) is 44.7 Å². The summed E-state index contributed by atoms with van der Waals surface area (Å²) >= 11 is 0. The number of amides is 1. The number of nitrogens with zero attached hydrogens (tertiary/aromatic N) is 4. The summed E-state index contributed by atoms with van der Waals surface area (Å²) < 4.78 is 7.14. The maximum Gasteiger partial charge on any atom is 0.274 e. The molecule has 1 aliphatic rings. The second-order valence-corrected chi connectivity index (χ2v) is 6.58. The molecule has 1 fully saturated rings. The normalized spacial score (nSPS) is 18.1. The molecular weight excluding hydrogens is 306 g/mol. The van der Waals surface area contributed by atoms with Gasteiger partial charge >= 0.3 is 0 Å². The van der Waals surface area contributed by atoms with Crippen molar-refractivity contribution in [1.82, 2.24) is 24.9 Å². The third-order valence-electron chi connectivity index (χ3n) is 4.48. The third-order valence-corrected chi connectivity index (χ3v) is 4.48. The highest BCUT2D eigenvalue weighted by molar-refractivity contribution is 5.92. The topological polar surface area (TPSA) is 76.0 Å². The quantitative estimate of drug-likeness (QED) is 0.906. The lowest BCUT2D eigenvalue weighted by molar-refractivity contribution is 0.0565. The molecule has 0 radical (unpaired) electrons. The number of aryl methyl sites for hydroxylation is 2. The molecule has 24 heavy (non-hydrogen) atoms. The van der Waals surface area contributed by atoms with Gasteiger partial charge in [-0.25, -0.2) is 0 Å². The molecule has 3 heterocycles. The van der Waals surface area contributed by atoms with E-state index in [0.717, 1.165) is 43.0 Å². The Balaban J connectivity index is 1.66. The fourth-order valence-electron chi connectivity index (χ4n) is 3.33. The maximum atomic E-state index is 12.7. The number of rotatable bonds is 5. The number of nitrogens with one attached hydrogen (secondary N) is 1. The summed E-state index contributed by atoms with van der Waals surface area (Å²) in [6.07, 6.45) is 2.13. The Bertz CT molecular complexity index is 704. The summed E-state index contributed by atoms with van der Waals surface area (Å²) in [7, 11) is 1.71. The summed E-state index contributed by atoms with van der Waals surface area (Å²) in [5.74, 6) is 0.410. The van der Waals surface area contributed by atoms with Crippen LogP contribution in [0.4, 0.5) is 0 Å². The molecule has 0 spiro atoms. The van der Waals surface area contributed by atoms with Gasteiger partial charge in [-0.2, -0.15) is 10.2 Å². The van der Waals surface area contributed by atoms with Crippen molar-refractivity contribution in [2.75, 3.05) is 26.8 Å². The molecule has 1 amide bonds. The molecular formula is C17H25N5O2. The minimum absolute atomic E-state index is 0.00771. The van der Waals surface area contributed by atoms with Crippen LogP contribution >= 0.6 is 0 Å². The summed E-state index contributed by atoms with van der Waals surface area (Å²) in [4.78, 5) is 14.6. The largest absolute Gasteiger partial charge is 0.384 e. The molecule has 1 atom stereocenters. The van der Waals surface area contributed by atoms with Gasteiger partial charge in [0.15, 0.2) is 0 Å². The van der Waals surface area contributed by atoms with E-state index in [9.17, 15) is 4.79 Å². The van der Waals surface area contributed by atoms with Crippen LogP contribution in [0, 0.1) is 19.8 Å². The number of piperidine rings is 1. The van der Waals surface area contributed by atoms with Crippen molar-refractivity contribution >= 4 is 5.91 Å². The number of hydrogen-bond donors (Lipinski definition) is 1. The molecule has 0 bridgehead atoms. The Hall–Kier alpha value is -2.15. The molecule has 2 aromatic heterocycles. The zero-order valence-electron chi connectivity index (χ0n) is 14.6. The van der Waals surface area contributed by atoms with E-state index in [-0.39, 0.29) is 5.91 Å². The van der Waals surface area contributed by atoms with Crippen LogP contribution in [0.3, 0.4) is 0 Å². The first-order chi connectivity index (χ1) is 11.6. The van der Waals surface area contributed by atoms with E-state index in [1.807, 2.05) is 35.6 Å². The van der Waals surface area contributed by atoms with E-state index in [1.165, 1.54) is 0 Å². The van der Waals surface area contributed by atoms with Crippen molar-refractivity contribution < 1.29 is 9.53 Å². The molecule has 0 aromatic carbocycles. The zero-order valence-corrected chi connectivity index (χ0v) is 14.6. The average molecular weight is 331 g/mol. The lowest BCUT2D eigenvalue weighted by Crippen LogP contribution is -2.41. The molecule has 1 N–H and O–H groups in total. The molecule has 0 saturated carbocycles. The standard InChI is InChI=1S/C17H25N5O2/c1-12-7-13(2)22(20-12)10-15-8-16(19-18-15)17(23)21-6-4-5-14(9-21)11-24-3/h7-8,14H,4-6,9-11H2,1-3H3,(H,18,19)/t14-/m0/s1. The van der Waals surface area contributed by atoms with E-state index >= 15 is 0 Å². The van der Waals surface area contributed by atoms with E-state index in [0.29, 0.717) is 24.8 Å². The summed E-state index contributed by atoms with van der Waals surface area (Å²) in [6, 6.07) is 3.87. The Morgan fingerprint density at radius 1 is 1.42 bits per heavy atom. The number of likely N-dealkylation sites (tertiary alicyclic amines) is 1. The Morgan fingerprint density at radius 3 is 2.96 bits per heavy atom. The van der Waals surface area contributed by atoms with Gasteiger partial charge in [0.2, 0.25) is 0 Å². The first-order valence-electron chi connectivity index (χ1n) is 8.40. The molecule has 1 aliphatic heterocycles. The van der Waals surface area contributed by atoms with Crippen LogP contribution < -0.4 is 0 Å². The van der Waals surface area contributed by atoms with Crippen LogP contribution in [0.2, 0.25) is 0 Å². The molecule has 0 aliphatic carbocycles. The van der Waals surface area contributed by atoms with Crippen molar-refractivity contribution in [2.45, 2.75) is 33.2 Å². The number of aromatic amines is 1. The maximum absolute atomic E-state index is 12.7. The van der Waals surface area contributed by atoms with Crippen LogP contribution in [-0.4, -0.2) is 57.6 Å². The second kappa shape index (κ2) is 7.17. The molecule has 0 unspecified atom stereocenters. The summed E-state index contributed by atoms with van der Waals surface area (Å²) in [5, 5.41) is 11.6. The lowest BCUT2D eigenvalue weighted by atomic mass is 9.99. The van der Waals surface area contributed by atoms with Crippen molar-refractivity contribution in [3.05, 3.63) is 34.9 Å². The fraction of sp³-hybridized carbons (Fsp3) is 0.588. The summed E-state index contributed by atoms with van der Waals surface area (Å²) in [5.41, 5.74) is 3.44. The minimum Gasteiger partial charge on any atom is -0.384 e. The number of carbonyl (C=O) groups is 1. The van der Waals surface area contributed by atoms with E-state index < -0.39 is 0 Å². The number of ether oxygens (including phenoxy) is 1. The van der Waals surface area contributed by atoms with Crippen molar-refractivity contribution in [3.63, 3.8) is 0 Å². The lowest BCUT2D eigenvalue weighted by Gasteiger charge is -2.31. The van der Waals surface area contributed by atoms with Gasteiger partial charge < -0.3 is 9.64 Å². The predicted molar refractivity (Wildman–Crippen MR) is 89.9 cm³/mol. The monoisotopic (exact) mass is 331 g/mol. The minimum atomic E-state index is -0.00771. The molecule has 130 valence electrons. The number of hydrogen-bond acceptors (Lipinski definition) is 4. The molecule has 7 nitrogen and oxygen atoms in total. The number of H-pyrrole nitrogens is 1. The van der Waals surface area contributed by atoms with Crippen LogP contribution in [0.15, 0.2) is 12.1 Å². The smallest absolute Gasteiger partial charge is 0.274 e. The zero-order chi connectivity index (χ0) is 17.1. The fourth-order valence-corrected chi connectivity index (χ4v) is 3.33. The highest BCUT2D eigenvalue weighted by Gasteiger charge is 2.25. The summed E-state index contributed by atoms with van der Waals surface area (Å²) in [6.45, 7) is 6.81. The van der Waals surface area contributed by atoms with Crippen molar-refractivity contribution in [2.24, 2.45) is 5.92 Å². The van der Waals surface area contributed by atoms with Gasteiger partial charge in [0.25, 0.3) is 5.91 Å². The SMILES string of the molecule is COC[C@H]1CCCN(C(=O)c2cc(Cn3nc(C)cc3C)[nH]n2)C1. The van der Waals surface area contributed by atoms with Crippen LogP contribution in [0.25, 0.3) is 0 Å².